The van der Waals surface area contributed by atoms with Gasteiger partial charge in [0.2, 0.25) is 0 Å². The van der Waals surface area contributed by atoms with Crippen molar-refractivity contribution in [3.8, 4) is 0 Å². The van der Waals surface area contributed by atoms with Crippen molar-refractivity contribution in [2.45, 2.75) is 31.7 Å². The molecule has 0 aromatic carbocycles. The van der Waals surface area contributed by atoms with E-state index in [9.17, 15) is 9.59 Å². The van der Waals surface area contributed by atoms with Gasteiger partial charge in [0.25, 0.3) is 0 Å². The van der Waals surface area contributed by atoms with Crippen LogP contribution in [0.1, 0.15) is 25.7 Å². The number of carbonyl (C=O) groups excluding carboxylic acids is 1. The Morgan fingerprint density at radius 1 is 1.42 bits per heavy atom. The van der Waals surface area contributed by atoms with Gasteiger partial charge in [-0.1, -0.05) is 6.08 Å². The minimum absolute atomic E-state index is 0.0210. The van der Waals surface area contributed by atoms with E-state index in [1.54, 1.807) is 11.0 Å². The molecule has 0 saturated carbocycles. The number of aliphatic hydroxyl groups is 1. The molecule has 1 saturated heterocycles. The summed E-state index contributed by atoms with van der Waals surface area (Å²) in [5.41, 5.74) is 0. The maximum atomic E-state index is 12.4. The number of carboxylic acids is 1. The van der Waals surface area contributed by atoms with E-state index in [0.29, 0.717) is 13.1 Å². The predicted molar refractivity (Wildman–Crippen MR) is 70.8 cm³/mol. The van der Waals surface area contributed by atoms with Crippen LogP contribution in [0.3, 0.4) is 0 Å². The summed E-state index contributed by atoms with van der Waals surface area (Å²) in [6, 6.07) is -0.454. The van der Waals surface area contributed by atoms with E-state index >= 15 is 0 Å². The third kappa shape index (κ3) is 4.55. The Morgan fingerprint density at radius 3 is 2.74 bits per heavy atom. The van der Waals surface area contributed by atoms with Gasteiger partial charge in [0.15, 0.2) is 0 Å². The molecule has 1 rings (SSSR count). The zero-order valence-electron chi connectivity index (χ0n) is 11.1. The molecule has 6 heteroatoms. The molecule has 1 aliphatic heterocycles. The average molecular weight is 270 g/mol. The molecule has 1 heterocycles. The Bertz CT molecular complexity index is 333. The third-order valence-electron chi connectivity index (χ3n) is 3.27. The van der Waals surface area contributed by atoms with Gasteiger partial charge in [0, 0.05) is 25.7 Å². The molecule has 19 heavy (non-hydrogen) atoms. The summed E-state index contributed by atoms with van der Waals surface area (Å²) < 4.78 is 0. The van der Waals surface area contributed by atoms with Crippen LogP contribution >= 0.6 is 0 Å². The van der Waals surface area contributed by atoms with Crippen molar-refractivity contribution < 1.29 is 19.8 Å². The summed E-state index contributed by atoms with van der Waals surface area (Å²) in [5, 5.41) is 17.9. The van der Waals surface area contributed by atoms with Gasteiger partial charge in [0.1, 0.15) is 0 Å². The van der Waals surface area contributed by atoms with E-state index in [1.165, 1.54) is 4.90 Å². The van der Waals surface area contributed by atoms with Gasteiger partial charge < -0.3 is 20.0 Å². The monoisotopic (exact) mass is 270 g/mol. The number of rotatable bonds is 6. The van der Waals surface area contributed by atoms with Crippen LogP contribution in [-0.2, 0) is 4.79 Å². The normalized spacial score (nSPS) is 19.0. The number of urea groups is 1. The van der Waals surface area contributed by atoms with Crippen molar-refractivity contribution in [1.82, 2.24) is 9.80 Å². The van der Waals surface area contributed by atoms with Crippen molar-refractivity contribution in [3.63, 3.8) is 0 Å². The van der Waals surface area contributed by atoms with Crippen LogP contribution in [0.25, 0.3) is 0 Å². The number of carbonyl (C=O) groups is 2. The van der Waals surface area contributed by atoms with Crippen LogP contribution in [0.2, 0.25) is 0 Å². The Labute approximate surface area is 113 Å². The second kappa shape index (κ2) is 7.78. The molecule has 2 N–H and O–H groups in total. The molecule has 1 unspecified atom stereocenters. The lowest BCUT2D eigenvalue weighted by atomic mass is 10.00. The first kappa shape index (κ1) is 15.5. The fourth-order valence-corrected chi connectivity index (χ4v) is 2.39. The van der Waals surface area contributed by atoms with Crippen LogP contribution in [0.4, 0.5) is 4.79 Å². The van der Waals surface area contributed by atoms with Gasteiger partial charge in [-0.2, -0.15) is 0 Å². The maximum absolute atomic E-state index is 12.4. The highest BCUT2D eigenvalue weighted by Crippen LogP contribution is 2.21. The topological polar surface area (TPSA) is 81.1 Å². The number of hydrogen-bond donors (Lipinski definition) is 2. The number of amides is 2. The van der Waals surface area contributed by atoms with E-state index < -0.39 is 5.97 Å². The first-order valence-corrected chi connectivity index (χ1v) is 6.59. The largest absolute Gasteiger partial charge is 0.481 e. The van der Waals surface area contributed by atoms with E-state index in [2.05, 4.69) is 6.58 Å². The first-order chi connectivity index (χ1) is 9.10. The lowest BCUT2D eigenvalue weighted by Crippen LogP contribution is -2.51. The maximum Gasteiger partial charge on any atom is 0.320 e. The van der Waals surface area contributed by atoms with Gasteiger partial charge in [0.05, 0.1) is 13.0 Å². The molecule has 6 nitrogen and oxygen atoms in total. The van der Waals surface area contributed by atoms with Gasteiger partial charge in [-0.3, -0.25) is 4.79 Å². The highest BCUT2D eigenvalue weighted by molar-refractivity contribution is 5.76. The molecule has 1 atom stereocenters. The zero-order valence-corrected chi connectivity index (χ0v) is 11.1. The lowest BCUT2D eigenvalue weighted by Gasteiger charge is -2.38. The summed E-state index contributed by atoms with van der Waals surface area (Å²) in [5.74, 6) is -0.887. The number of likely N-dealkylation sites (tertiary alicyclic amines) is 1. The molecule has 0 radical (unpaired) electrons. The zero-order chi connectivity index (χ0) is 14.3. The van der Waals surface area contributed by atoms with Crippen molar-refractivity contribution in [2.24, 2.45) is 0 Å². The number of aliphatic hydroxyl groups excluding tert-OH is 1. The standard InChI is InChI=1S/C13H22N2O4/c1-2-6-14(8-9-16)13(19)15-7-4-3-5-11(15)10-12(17)18/h2,11,16H,1,3-10H2,(H,17,18). The second-order valence-corrected chi connectivity index (χ2v) is 4.68. The number of hydrogen-bond acceptors (Lipinski definition) is 3. The Kier molecular flexibility index (Phi) is 6.35. The Balaban J connectivity index is 2.73. The molecule has 0 aromatic rings. The highest BCUT2D eigenvalue weighted by atomic mass is 16.4. The van der Waals surface area contributed by atoms with Crippen LogP contribution in [0, 0.1) is 0 Å². The van der Waals surface area contributed by atoms with Gasteiger partial charge in [-0.25, -0.2) is 4.79 Å². The van der Waals surface area contributed by atoms with Crippen LogP contribution in [0.5, 0.6) is 0 Å². The van der Waals surface area contributed by atoms with Crippen molar-refractivity contribution in [3.05, 3.63) is 12.7 Å². The minimum Gasteiger partial charge on any atom is -0.481 e. The summed E-state index contributed by atoms with van der Waals surface area (Å²) >= 11 is 0. The summed E-state index contributed by atoms with van der Waals surface area (Å²) in [6.07, 6.45) is 4.14. The number of carboxylic acid groups (broad SMARTS) is 1. The van der Waals surface area contributed by atoms with Crippen molar-refractivity contribution in [1.29, 1.82) is 0 Å². The smallest absolute Gasteiger partial charge is 0.320 e. The SMILES string of the molecule is C=CCN(CCO)C(=O)N1CCCCC1CC(=O)O. The Morgan fingerprint density at radius 2 is 2.16 bits per heavy atom. The number of nitrogens with zero attached hydrogens (tertiary/aromatic N) is 2. The molecule has 0 spiro atoms. The van der Waals surface area contributed by atoms with Crippen molar-refractivity contribution in [2.75, 3.05) is 26.2 Å². The van der Waals surface area contributed by atoms with Crippen molar-refractivity contribution >= 4 is 12.0 Å². The highest BCUT2D eigenvalue weighted by Gasteiger charge is 2.30. The summed E-state index contributed by atoms with van der Waals surface area (Å²) in [4.78, 5) is 26.3. The second-order valence-electron chi connectivity index (χ2n) is 4.68. The first-order valence-electron chi connectivity index (χ1n) is 6.59. The Hall–Kier alpha value is -1.56. The number of aliphatic carboxylic acids is 1. The molecule has 0 aromatic heterocycles. The number of piperidine rings is 1. The molecule has 2 amide bonds. The van der Waals surface area contributed by atoms with Gasteiger partial charge in [-0.05, 0) is 19.3 Å². The fraction of sp³-hybridized carbons (Fsp3) is 0.692. The van der Waals surface area contributed by atoms with Crippen LogP contribution in [-0.4, -0.2) is 64.3 Å². The third-order valence-corrected chi connectivity index (χ3v) is 3.27. The molecular formula is C13H22N2O4. The molecule has 1 fully saturated rings. The fourth-order valence-electron chi connectivity index (χ4n) is 2.39. The summed E-state index contributed by atoms with van der Waals surface area (Å²) in [6.45, 7) is 4.65. The lowest BCUT2D eigenvalue weighted by molar-refractivity contribution is -0.138. The minimum atomic E-state index is -0.887. The summed E-state index contributed by atoms with van der Waals surface area (Å²) in [7, 11) is 0. The van der Waals surface area contributed by atoms with E-state index in [1.807, 2.05) is 0 Å². The molecule has 108 valence electrons. The quantitative estimate of drug-likeness (QED) is 0.703. The van der Waals surface area contributed by atoms with Gasteiger partial charge in [-0.15, -0.1) is 6.58 Å². The molecular weight excluding hydrogens is 248 g/mol. The van der Waals surface area contributed by atoms with E-state index in [0.717, 1.165) is 19.3 Å². The van der Waals surface area contributed by atoms with Crippen LogP contribution in [0.15, 0.2) is 12.7 Å². The van der Waals surface area contributed by atoms with Gasteiger partial charge >= 0.3 is 12.0 Å². The van der Waals surface area contributed by atoms with Crippen LogP contribution < -0.4 is 0 Å². The molecule has 0 aliphatic carbocycles. The molecule has 1 aliphatic rings. The van der Waals surface area contributed by atoms with E-state index in [4.69, 9.17) is 10.2 Å². The van der Waals surface area contributed by atoms with E-state index in [-0.39, 0.29) is 31.6 Å². The average Bonchev–Trinajstić information content (AvgIpc) is 2.38. The molecule has 0 bridgehead atoms. The predicted octanol–water partition coefficient (Wildman–Crippen LogP) is 0.916.